The lowest BCUT2D eigenvalue weighted by atomic mass is 10.1. The van der Waals surface area contributed by atoms with Crippen LogP contribution in [0.2, 0.25) is 0 Å². The first-order valence-electron chi connectivity index (χ1n) is 5.36. The van der Waals surface area contributed by atoms with E-state index in [4.69, 9.17) is 10.5 Å². The van der Waals surface area contributed by atoms with Gasteiger partial charge in [0.2, 0.25) is 0 Å². The van der Waals surface area contributed by atoms with Gasteiger partial charge in [0.25, 0.3) is 0 Å². The number of hydrogen-bond acceptors (Lipinski definition) is 4. The van der Waals surface area contributed by atoms with E-state index in [0.29, 0.717) is 25.2 Å². The minimum Gasteiger partial charge on any atom is -0.372 e. The van der Waals surface area contributed by atoms with Gasteiger partial charge in [-0.1, -0.05) is 13.8 Å². The highest BCUT2D eigenvalue weighted by molar-refractivity contribution is 7.09. The Morgan fingerprint density at radius 1 is 1.47 bits per heavy atom. The largest absolute Gasteiger partial charge is 0.372 e. The van der Waals surface area contributed by atoms with E-state index >= 15 is 0 Å². The Bertz CT molecular complexity index is 286. The quantitative estimate of drug-likeness (QED) is 0.814. The molecule has 0 saturated heterocycles. The molecule has 0 fully saturated rings. The third kappa shape index (κ3) is 4.73. The zero-order valence-corrected chi connectivity index (χ0v) is 10.5. The first-order valence-corrected chi connectivity index (χ1v) is 6.24. The summed E-state index contributed by atoms with van der Waals surface area (Å²) in [5.74, 6) is 0.676. The molecule has 0 aliphatic carbocycles. The molecule has 0 aliphatic rings. The Morgan fingerprint density at radius 2 is 2.20 bits per heavy atom. The van der Waals surface area contributed by atoms with Crippen LogP contribution in [0.4, 0.5) is 0 Å². The van der Waals surface area contributed by atoms with Crippen molar-refractivity contribution in [1.29, 1.82) is 0 Å². The van der Waals surface area contributed by atoms with Crippen LogP contribution in [-0.4, -0.2) is 11.1 Å². The van der Waals surface area contributed by atoms with E-state index in [9.17, 15) is 0 Å². The minimum absolute atomic E-state index is 0.299. The summed E-state index contributed by atoms with van der Waals surface area (Å²) in [6.07, 6.45) is 1.39. The Morgan fingerprint density at radius 3 is 2.73 bits per heavy atom. The van der Waals surface area contributed by atoms with E-state index < -0.39 is 0 Å². The molecule has 1 atom stereocenters. The molecule has 1 heterocycles. The average Bonchev–Trinajstić information content (AvgIpc) is 2.61. The van der Waals surface area contributed by atoms with Crippen LogP contribution in [-0.2, 0) is 17.9 Å². The molecule has 1 aromatic heterocycles. The third-order valence-corrected chi connectivity index (χ3v) is 3.01. The van der Waals surface area contributed by atoms with Gasteiger partial charge in [-0.15, -0.1) is 11.3 Å². The Kier molecular flexibility index (Phi) is 5.22. The molecule has 3 nitrogen and oxygen atoms in total. The molecule has 0 spiro atoms. The molecule has 1 rings (SSSR count). The van der Waals surface area contributed by atoms with E-state index in [-0.39, 0.29) is 0 Å². The lowest BCUT2D eigenvalue weighted by Gasteiger charge is -2.14. The van der Waals surface area contributed by atoms with Gasteiger partial charge in [-0.25, -0.2) is 4.98 Å². The molecule has 0 aliphatic heterocycles. The fraction of sp³-hybridized carbons (Fsp3) is 0.727. The van der Waals surface area contributed by atoms with Crippen molar-refractivity contribution in [2.75, 3.05) is 0 Å². The maximum absolute atomic E-state index is 5.70. The van der Waals surface area contributed by atoms with E-state index in [0.717, 1.165) is 17.1 Å². The van der Waals surface area contributed by atoms with Crippen molar-refractivity contribution in [1.82, 2.24) is 4.98 Å². The van der Waals surface area contributed by atoms with Crippen molar-refractivity contribution < 1.29 is 4.74 Å². The summed E-state index contributed by atoms with van der Waals surface area (Å²) < 4.78 is 5.70. The molecule has 0 saturated carbocycles. The van der Waals surface area contributed by atoms with Gasteiger partial charge in [-0.3, -0.25) is 0 Å². The van der Waals surface area contributed by atoms with Gasteiger partial charge in [0.05, 0.1) is 18.4 Å². The molecule has 1 aromatic rings. The van der Waals surface area contributed by atoms with Crippen molar-refractivity contribution in [2.45, 2.75) is 46.4 Å². The Labute approximate surface area is 95.7 Å². The number of thiazole rings is 1. The number of nitrogens with two attached hydrogens (primary N) is 1. The Balaban J connectivity index is 2.30. The van der Waals surface area contributed by atoms with Gasteiger partial charge < -0.3 is 10.5 Å². The highest BCUT2D eigenvalue weighted by Crippen LogP contribution is 2.13. The smallest absolute Gasteiger partial charge is 0.107 e. The zero-order chi connectivity index (χ0) is 11.3. The molecular formula is C11H20N2OS. The lowest BCUT2D eigenvalue weighted by molar-refractivity contribution is 0.0381. The van der Waals surface area contributed by atoms with Crippen LogP contribution in [0.3, 0.4) is 0 Å². The average molecular weight is 228 g/mol. The van der Waals surface area contributed by atoms with Crippen molar-refractivity contribution in [3.63, 3.8) is 0 Å². The van der Waals surface area contributed by atoms with Gasteiger partial charge in [0.1, 0.15) is 5.01 Å². The Hall–Kier alpha value is -0.450. The highest BCUT2D eigenvalue weighted by Gasteiger charge is 2.07. The van der Waals surface area contributed by atoms with E-state index in [1.807, 2.05) is 5.38 Å². The van der Waals surface area contributed by atoms with Crippen LogP contribution in [0, 0.1) is 5.92 Å². The van der Waals surface area contributed by atoms with Gasteiger partial charge in [-0.2, -0.15) is 0 Å². The van der Waals surface area contributed by atoms with Crippen LogP contribution >= 0.6 is 11.3 Å². The molecule has 1 unspecified atom stereocenters. The highest BCUT2D eigenvalue weighted by atomic mass is 32.1. The molecule has 86 valence electrons. The number of nitrogens with zero attached hydrogens (tertiary/aromatic N) is 1. The van der Waals surface area contributed by atoms with Gasteiger partial charge >= 0.3 is 0 Å². The van der Waals surface area contributed by atoms with Gasteiger partial charge in [0, 0.05) is 11.9 Å². The van der Waals surface area contributed by atoms with Crippen molar-refractivity contribution in [3.05, 3.63) is 16.1 Å². The first-order chi connectivity index (χ1) is 7.11. The predicted octanol–water partition coefficient (Wildman–Crippen LogP) is 2.55. The normalized spacial score (nSPS) is 13.4. The topological polar surface area (TPSA) is 48.1 Å². The number of rotatable bonds is 6. The summed E-state index contributed by atoms with van der Waals surface area (Å²) in [5.41, 5.74) is 6.49. The fourth-order valence-corrected chi connectivity index (χ4v) is 2.13. The third-order valence-electron chi connectivity index (χ3n) is 2.09. The molecule has 4 heteroatoms. The van der Waals surface area contributed by atoms with Crippen LogP contribution in [0.1, 0.15) is 37.9 Å². The summed E-state index contributed by atoms with van der Waals surface area (Å²) >= 11 is 1.60. The number of hydrogen-bond donors (Lipinski definition) is 1. The second-order valence-corrected chi connectivity index (χ2v) is 5.13. The molecule has 0 aromatic carbocycles. The fourth-order valence-electron chi connectivity index (χ4n) is 1.47. The minimum atomic E-state index is 0.299. The molecule has 15 heavy (non-hydrogen) atoms. The summed E-state index contributed by atoms with van der Waals surface area (Å²) in [4.78, 5) is 4.35. The molecule has 2 N–H and O–H groups in total. The second-order valence-electron chi connectivity index (χ2n) is 4.19. The standard InChI is InChI=1S/C11H20N2OS/c1-8(2)4-9(3)14-6-10-7-15-11(5-12)13-10/h7-9H,4-6,12H2,1-3H3. The monoisotopic (exact) mass is 228 g/mol. The van der Waals surface area contributed by atoms with Crippen molar-refractivity contribution >= 4 is 11.3 Å². The van der Waals surface area contributed by atoms with E-state index in [1.54, 1.807) is 11.3 Å². The summed E-state index contributed by atoms with van der Waals surface area (Å²) in [7, 11) is 0. The van der Waals surface area contributed by atoms with E-state index in [1.165, 1.54) is 0 Å². The number of aromatic nitrogens is 1. The second kappa shape index (κ2) is 6.20. The maximum Gasteiger partial charge on any atom is 0.107 e. The van der Waals surface area contributed by atoms with Crippen LogP contribution in [0.15, 0.2) is 5.38 Å². The SMILES string of the molecule is CC(C)CC(C)OCc1csc(CN)n1. The van der Waals surface area contributed by atoms with Crippen LogP contribution in [0.25, 0.3) is 0 Å². The molecule has 0 amide bonds. The van der Waals surface area contributed by atoms with E-state index in [2.05, 4.69) is 25.8 Å². The van der Waals surface area contributed by atoms with Crippen molar-refractivity contribution in [3.8, 4) is 0 Å². The summed E-state index contributed by atoms with van der Waals surface area (Å²) in [5, 5.41) is 3.00. The molecule has 0 radical (unpaired) electrons. The number of ether oxygens (including phenoxy) is 1. The van der Waals surface area contributed by atoms with Crippen molar-refractivity contribution in [2.24, 2.45) is 11.7 Å². The predicted molar refractivity (Wildman–Crippen MR) is 63.7 cm³/mol. The van der Waals surface area contributed by atoms with Gasteiger partial charge in [0.15, 0.2) is 0 Å². The maximum atomic E-state index is 5.70. The van der Waals surface area contributed by atoms with Gasteiger partial charge in [-0.05, 0) is 19.3 Å². The first kappa shape index (κ1) is 12.6. The van der Waals surface area contributed by atoms with Crippen LogP contribution in [0.5, 0.6) is 0 Å². The summed E-state index contributed by atoms with van der Waals surface area (Å²) in [6.45, 7) is 7.64. The molecule has 0 bridgehead atoms. The lowest BCUT2D eigenvalue weighted by Crippen LogP contribution is -2.11. The zero-order valence-electron chi connectivity index (χ0n) is 9.69. The summed E-state index contributed by atoms with van der Waals surface area (Å²) in [6, 6.07) is 0. The van der Waals surface area contributed by atoms with Crippen LogP contribution < -0.4 is 5.73 Å². The molecular weight excluding hydrogens is 208 g/mol.